The van der Waals surface area contributed by atoms with Gasteiger partial charge in [-0.1, -0.05) is 60.7 Å². The standard InChI is InChI=1S/C71H62BN5O.Pt/c1-46-35-60(49-24-12-10-13-25-49)68(61(36-46)50-39-52(70(4,5)6)43-53(40-50)71(7,8)9)75-45-74(63-32-20-21-33-64(63)75)55-41-51(57-28-17-16-23-48(57)3)42-56(44-55)78-67-38-47(2)37-66(73-67)76-65-34-22-30-59-58-29-18-19-31-62(58)77(69(59)65)72(76)54-26-14-11-15-27-54;/h10-44H,1-9H3;/i1D3,2D3,3D3,10D,12D,13D,24D,25D;. The van der Waals surface area contributed by atoms with Gasteiger partial charge >= 0.3 is 414 Å². The number of imidazole rings is 1. The van der Waals surface area contributed by atoms with E-state index in [0.29, 0.717) is 54.3 Å². The van der Waals surface area contributed by atoms with Crippen LogP contribution in [0.15, 0.2) is 212 Å². The fraction of sp³-hybridized carbons (Fsp3) is 0.155. The molecule has 0 amide bonds. The number of anilines is 2. The van der Waals surface area contributed by atoms with Gasteiger partial charge in [-0.25, -0.2) is 0 Å². The molecule has 1 aliphatic rings. The number of fused-ring (bicyclic) bond motifs is 4. The molecule has 3 aromatic heterocycles. The second-order valence-electron chi connectivity index (χ2n) is 22.3. The molecule has 0 unspecified atom stereocenters. The molecule has 0 saturated carbocycles. The maximum absolute atomic E-state index is 9.52. The van der Waals surface area contributed by atoms with E-state index in [1.807, 2.05) is 111 Å². The summed E-state index contributed by atoms with van der Waals surface area (Å²) < 4.78 is 139. The van der Waals surface area contributed by atoms with Gasteiger partial charge in [0.15, 0.2) is 0 Å². The van der Waals surface area contributed by atoms with Crippen molar-refractivity contribution in [2.24, 2.45) is 0 Å². The molecule has 0 fully saturated rings. The first-order chi connectivity index (χ1) is 43.8. The van der Waals surface area contributed by atoms with Crippen LogP contribution in [0.2, 0.25) is 0 Å². The summed E-state index contributed by atoms with van der Waals surface area (Å²) in [5.41, 5.74) is 8.17. The summed E-state index contributed by atoms with van der Waals surface area (Å²) in [6, 6.07) is 53.0. The summed E-state index contributed by atoms with van der Waals surface area (Å²) >= 11 is 2.18. The van der Waals surface area contributed by atoms with Crippen LogP contribution < -0.4 is 15.0 Å². The molecule has 13 rings (SSSR count). The second-order valence-corrected chi connectivity index (χ2v) is 23.3. The topological polar surface area (TPSA) is 40.1 Å². The average Bonchev–Trinajstić information content (AvgIpc) is 1.57. The van der Waals surface area contributed by atoms with Crippen LogP contribution in [0.1, 0.15) is 88.6 Å². The van der Waals surface area contributed by atoms with Crippen LogP contribution >= 0.6 is 0 Å². The molecule has 0 bridgehead atoms. The molecular weight excluding hydrogens is 1140 g/mol. The van der Waals surface area contributed by atoms with E-state index in [1.54, 1.807) is 48.5 Å². The van der Waals surface area contributed by atoms with Crippen molar-refractivity contribution in [1.82, 2.24) is 18.6 Å². The van der Waals surface area contributed by atoms with Gasteiger partial charge in [-0.2, -0.15) is 0 Å². The van der Waals surface area contributed by atoms with E-state index < -0.39 is 68.6 Å². The van der Waals surface area contributed by atoms with Gasteiger partial charge in [0.05, 0.1) is 0 Å². The number of pyridine rings is 1. The molecule has 0 radical (unpaired) electrons. The second kappa shape index (κ2) is 19.3. The van der Waals surface area contributed by atoms with Gasteiger partial charge < -0.3 is 0 Å². The fourth-order valence-corrected chi connectivity index (χ4v) is 12.3. The van der Waals surface area contributed by atoms with E-state index in [1.165, 1.54) is 12.1 Å². The molecule has 0 N–H and O–H groups in total. The van der Waals surface area contributed by atoms with Crippen molar-refractivity contribution in [3.8, 4) is 56.4 Å². The number of aryl methyl sites for hydroxylation is 3. The monoisotopic (exact) mass is 1220 g/mol. The van der Waals surface area contributed by atoms with Gasteiger partial charge in [0, 0.05) is 16.3 Å². The predicted molar refractivity (Wildman–Crippen MR) is 327 cm³/mol. The van der Waals surface area contributed by atoms with E-state index in [9.17, 15) is 2.74 Å². The minimum absolute atomic E-state index is 0.0444. The molecule has 8 heteroatoms. The Balaban J connectivity index is 1.09. The van der Waals surface area contributed by atoms with E-state index >= 15 is 0 Å². The van der Waals surface area contributed by atoms with Crippen molar-refractivity contribution in [2.75, 3.05) is 4.81 Å². The summed E-state index contributed by atoms with van der Waals surface area (Å²) in [5, 5.41) is 2.08. The van der Waals surface area contributed by atoms with Gasteiger partial charge in [-0.05, 0) is 6.07 Å². The molecule has 1 aliphatic heterocycles. The van der Waals surface area contributed by atoms with Crippen LogP contribution in [-0.4, -0.2) is 25.6 Å². The molecule has 4 heterocycles. The van der Waals surface area contributed by atoms with E-state index in [0.717, 1.165) is 44.1 Å². The van der Waals surface area contributed by atoms with Crippen molar-refractivity contribution in [3.05, 3.63) is 244 Å². The Hall–Kier alpha value is -8.25. The fourth-order valence-electron chi connectivity index (χ4n) is 11.2. The first kappa shape index (κ1) is 36.8. The van der Waals surface area contributed by atoms with E-state index in [2.05, 4.69) is 89.6 Å². The third-order valence-corrected chi connectivity index (χ3v) is 16.0. The zero-order valence-corrected chi connectivity index (χ0v) is 46.6. The molecule has 0 saturated heterocycles. The Bertz CT molecular complexity index is 5050. The number of ether oxygens (including phenoxy) is 1. The summed E-state index contributed by atoms with van der Waals surface area (Å²) in [7, 11) is 0. The van der Waals surface area contributed by atoms with Crippen LogP contribution in [0, 0.1) is 24.4 Å². The molecule has 390 valence electrons. The Labute approximate surface area is 494 Å². The Kier molecular flexibility index (Phi) is 8.98. The number of benzene rings is 9. The maximum atomic E-state index is 9.52. The van der Waals surface area contributed by atoms with Crippen molar-refractivity contribution in [2.45, 2.75) is 72.9 Å². The quantitative estimate of drug-likeness (QED) is 0.135. The Morgan fingerprint density at radius 2 is 1.18 bits per heavy atom. The molecule has 0 aliphatic carbocycles. The first-order valence-electron chi connectivity index (χ1n) is 33.2. The zero-order chi connectivity index (χ0) is 66.3. The third kappa shape index (κ3) is 8.80. The van der Waals surface area contributed by atoms with Crippen molar-refractivity contribution in [1.29, 1.82) is 0 Å². The molecule has 9 aromatic carbocycles. The van der Waals surface area contributed by atoms with Crippen LogP contribution in [0.4, 0.5) is 11.5 Å². The number of hydrogen-bond acceptors (Lipinski definition) is 3. The zero-order valence-electron chi connectivity index (χ0n) is 58.4. The van der Waals surface area contributed by atoms with Crippen LogP contribution in [0.25, 0.3) is 77.6 Å². The predicted octanol–water partition coefficient (Wildman–Crippen LogP) is 17.7. The van der Waals surface area contributed by atoms with Crippen LogP contribution in [0.3, 0.4) is 0 Å². The summed E-state index contributed by atoms with van der Waals surface area (Å²) in [4.78, 5) is 7.24. The molecule has 0 atom stereocenters. The molecular formula is C71H62BN5OPt. The van der Waals surface area contributed by atoms with E-state index in [-0.39, 0.29) is 39.4 Å². The summed E-state index contributed by atoms with van der Waals surface area (Å²) in [6.45, 7) is 4.08. The van der Waals surface area contributed by atoms with Crippen LogP contribution in [0.5, 0.6) is 11.6 Å². The van der Waals surface area contributed by atoms with Crippen molar-refractivity contribution < 1.29 is 43.3 Å². The molecule has 12 aromatic rings. The number of rotatable bonds is 9. The average molecular weight is 1220 g/mol. The molecule has 6 nitrogen and oxygen atoms in total. The molecule has 79 heavy (non-hydrogen) atoms. The third-order valence-electron chi connectivity index (χ3n) is 15.0. The van der Waals surface area contributed by atoms with Gasteiger partial charge in [0.2, 0.25) is 0 Å². The summed E-state index contributed by atoms with van der Waals surface area (Å²) in [6.07, 6.45) is 0. The van der Waals surface area contributed by atoms with Crippen LogP contribution in [-0.2, 0) is 30.2 Å². The van der Waals surface area contributed by atoms with Crippen molar-refractivity contribution >= 4 is 56.8 Å². The molecule has 0 spiro atoms. The Morgan fingerprint density at radius 3 is 1.90 bits per heavy atom. The van der Waals surface area contributed by atoms with Gasteiger partial charge in [-0.3, -0.25) is 0 Å². The minimum atomic E-state index is -2.75. The van der Waals surface area contributed by atoms with Gasteiger partial charge in [0.25, 0.3) is 0 Å². The number of aromatic nitrogens is 4. The first-order valence-corrected chi connectivity index (χ1v) is 27.4. The summed E-state index contributed by atoms with van der Waals surface area (Å²) in [5.74, 6) is 0.380. The normalized spacial score (nSPS) is 15.7. The number of hydrogen-bond donors (Lipinski definition) is 0. The van der Waals surface area contributed by atoms with Gasteiger partial charge in [0.1, 0.15) is 0 Å². The van der Waals surface area contributed by atoms with E-state index in [4.69, 9.17) is 26.2 Å². The van der Waals surface area contributed by atoms with Gasteiger partial charge in [-0.15, -0.1) is 0 Å². The SMILES string of the molecule is [2H]c1c([2H])c([2H])c(-c2cc(C([2H])([2H])[2H])cc(-c3cc(C(C)(C)C)cc(C(C)(C)C)c3)c2-n2[c](=[Pt])n(-c3cc(Oc4cc(C([2H])([2H])[2H])cc(N5B(c6ccccc6)n6c7ccccc7c7cccc5c76)n4)cc(-c4ccccc4C([2H])([2H])[2H])c3)c3ccccc32)c([2H])c1[2H]. The number of para-hydroxylation sites is 4. The van der Waals surface area contributed by atoms with Crippen molar-refractivity contribution in [3.63, 3.8) is 0 Å². The Morgan fingerprint density at radius 1 is 0.544 bits per heavy atom. The number of nitrogens with zero attached hydrogens (tertiary/aromatic N) is 5.